The van der Waals surface area contributed by atoms with E-state index in [1.807, 2.05) is 39.0 Å². The van der Waals surface area contributed by atoms with E-state index >= 15 is 0 Å². The third kappa shape index (κ3) is 4.31. The number of methoxy groups -OCH3 is 1. The van der Waals surface area contributed by atoms with Crippen LogP contribution in [0.1, 0.15) is 37.0 Å². The molecular formula is C22H21ClN4O3S. The fraction of sp³-hybridized carbons (Fsp3) is 0.273. The summed E-state index contributed by atoms with van der Waals surface area (Å²) in [6, 6.07) is 10.7. The first-order chi connectivity index (χ1) is 14.9. The van der Waals surface area contributed by atoms with E-state index in [-0.39, 0.29) is 11.5 Å². The molecule has 0 radical (unpaired) electrons. The Morgan fingerprint density at radius 2 is 2.00 bits per heavy atom. The van der Waals surface area contributed by atoms with Crippen LogP contribution in [0.25, 0.3) is 16.6 Å². The molecule has 0 aliphatic rings. The Labute approximate surface area is 188 Å². The van der Waals surface area contributed by atoms with Gasteiger partial charge in [-0.3, -0.25) is 9.36 Å². The lowest BCUT2D eigenvalue weighted by Gasteiger charge is -2.16. The molecule has 0 spiro atoms. The molecule has 160 valence electrons. The van der Waals surface area contributed by atoms with E-state index in [1.165, 1.54) is 11.8 Å². The van der Waals surface area contributed by atoms with Gasteiger partial charge < -0.3 is 9.26 Å². The number of benzene rings is 2. The number of thioether (sulfide) groups is 1. The maximum atomic E-state index is 13.5. The van der Waals surface area contributed by atoms with Crippen molar-refractivity contribution in [3.8, 4) is 11.4 Å². The highest BCUT2D eigenvalue weighted by atomic mass is 35.5. The Kier molecular flexibility index (Phi) is 6.02. The third-order valence-corrected chi connectivity index (χ3v) is 5.86. The SMILES string of the molecule is COc1ccc(C)cc1-n1c(SCc2nc(C(C)C)no2)nc2cc(Cl)ccc2c1=O. The number of nitrogens with zero attached hydrogens (tertiary/aromatic N) is 4. The van der Waals surface area contributed by atoms with Gasteiger partial charge in [0.2, 0.25) is 5.89 Å². The number of aromatic nitrogens is 4. The first-order valence-electron chi connectivity index (χ1n) is 9.70. The van der Waals surface area contributed by atoms with Crippen molar-refractivity contribution in [2.45, 2.75) is 37.6 Å². The molecule has 0 amide bonds. The molecule has 2 heterocycles. The molecule has 4 rings (SSSR count). The highest BCUT2D eigenvalue weighted by Gasteiger charge is 2.19. The summed E-state index contributed by atoms with van der Waals surface area (Å²) < 4.78 is 12.4. The van der Waals surface area contributed by atoms with Crippen molar-refractivity contribution in [3.05, 3.63) is 69.1 Å². The molecule has 0 saturated heterocycles. The lowest BCUT2D eigenvalue weighted by Crippen LogP contribution is -2.22. The molecule has 0 saturated carbocycles. The third-order valence-electron chi connectivity index (χ3n) is 4.70. The van der Waals surface area contributed by atoms with Gasteiger partial charge in [0, 0.05) is 10.9 Å². The van der Waals surface area contributed by atoms with E-state index in [4.69, 9.17) is 25.8 Å². The molecule has 0 aliphatic heterocycles. The summed E-state index contributed by atoms with van der Waals surface area (Å²) in [5.74, 6) is 2.22. The molecule has 0 bridgehead atoms. The van der Waals surface area contributed by atoms with Gasteiger partial charge in [-0.1, -0.05) is 48.4 Å². The second kappa shape index (κ2) is 8.72. The second-order valence-corrected chi connectivity index (χ2v) is 8.74. The van der Waals surface area contributed by atoms with Crippen LogP contribution in [0.2, 0.25) is 5.02 Å². The van der Waals surface area contributed by atoms with Crippen LogP contribution in [-0.4, -0.2) is 26.8 Å². The van der Waals surface area contributed by atoms with Crippen molar-refractivity contribution in [1.82, 2.24) is 19.7 Å². The van der Waals surface area contributed by atoms with E-state index < -0.39 is 0 Å². The number of hydrogen-bond acceptors (Lipinski definition) is 7. The average Bonchev–Trinajstić information content (AvgIpc) is 3.21. The average molecular weight is 457 g/mol. The van der Waals surface area contributed by atoms with E-state index in [0.717, 1.165) is 5.56 Å². The molecule has 2 aromatic heterocycles. The summed E-state index contributed by atoms with van der Waals surface area (Å²) in [4.78, 5) is 22.7. The first-order valence-corrected chi connectivity index (χ1v) is 11.1. The van der Waals surface area contributed by atoms with Gasteiger partial charge in [0.15, 0.2) is 11.0 Å². The summed E-state index contributed by atoms with van der Waals surface area (Å²) in [6.45, 7) is 5.96. The summed E-state index contributed by atoms with van der Waals surface area (Å²) >= 11 is 7.48. The van der Waals surface area contributed by atoms with E-state index in [2.05, 4.69) is 10.1 Å². The van der Waals surface area contributed by atoms with Crippen LogP contribution in [0.15, 0.2) is 50.9 Å². The Hall–Kier alpha value is -2.84. The molecule has 4 aromatic rings. The van der Waals surface area contributed by atoms with Gasteiger partial charge in [0.25, 0.3) is 5.56 Å². The molecule has 0 aliphatic carbocycles. The molecular weight excluding hydrogens is 436 g/mol. The molecule has 2 aromatic carbocycles. The van der Waals surface area contributed by atoms with Gasteiger partial charge in [-0.25, -0.2) is 4.98 Å². The highest BCUT2D eigenvalue weighted by molar-refractivity contribution is 7.98. The first kappa shape index (κ1) is 21.4. The van der Waals surface area contributed by atoms with Crippen LogP contribution in [-0.2, 0) is 5.75 Å². The summed E-state index contributed by atoms with van der Waals surface area (Å²) in [5.41, 5.74) is 1.93. The van der Waals surface area contributed by atoms with Crippen LogP contribution >= 0.6 is 23.4 Å². The van der Waals surface area contributed by atoms with Gasteiger partial charge in [0.05, 0.1) is 29.5 Å². The minimum absolute atomic E-state index is 0.165. The van der Waals surface area contributed by atoms with Crippen molar-refractivity contribution in [1.29, 1.82) is 0 Å². The van der Waals surface area contributed by atoms with E-state index in [0.29, 0.717) is 50.0 Å². The van der Waals surface area contributed by atoms with Crippen LogP contribution in [0.5, 0.6) is 5.75 Å². The monoisotopic (exact) mass is 456 g/mol. The van der Waals surface area contributed by atoms with Crippen LogP contribution in [0, 0.1) is 6.92 Å². The number of fused-ring (bicyclic) bond motifs is 1. The lowest BCUT2D eigenvalue weighted by atomic mass is 10.2. The van der Waals surface area contributed by atoms with E-state index in [1.54, 1.807) is 29.9 Å². The van der Waals surface area contributed by atoms with Crippen molar-refractivity contribution in [3.63, 3.8) is 0 Å². The van der Waals surface area contributed by atoms with Gasteiger partial charge >= 0.3 is 0 Å². The van der Waals surface area contributed by atoms with Crippen LogP contribution < -0.4 is 10.3 Å². The minimum atomic E-state index is -0.207. The molecule has 7 nitrogen and oxygen atoms in total. The lowest BCUT2D eigenvalue weighted by molar-refractivity contribution is 0.382. The Morgan fingerprint density at radius 3 is 2.71 bits per heavy atom. The van der Waals surface area contributed by atoms with Gasteiger partial charge in [-0.2, -0.15) is 4.98 Å². The van der Waals surface area contributed by atoms with E-state index in [9.17, 15) is 4.79 Å². The highest BCUT2D eigenvalue weighted by Crippen LogP contribution is 2.30. The Balaban J connectivity index is 1.87. The summed E-state index contributed by atoms with van der Waals surface area (Å²) in [7, 11) is 1.58. The predicted octanol–water partition coefficient (Wildman–Crippen LogP) is 5.15. The van der Waals surface area contributed by atoms with Crippen LogP contribution in [0.3, 0.4) is 0 Å². The molecule has 9 heteroatoms. The summed E-state index contributed by atoms with van der Waals surface area (Å²) in [5, 5.41) is 5.46. The molecule has 0 atom stereocenters. The van der Waals surface area contributed by atoms with Crippen molar-refractivity contribution in [2.24, 2.45) is 0 Å². The second-order valence-electron chi connectivity index (χ2n) is 7.36. The van der Waals surface area contributed by atoms with Gasteiger partial charge in [-0.05, 0) is 42.8 Å². The Morgan fingerprint density at radius 1 is 1.19 bits per heavy atom. The van der Waals surface area contributed by atoms with Crippen molar-refractivity contribution < 1.29 is 9.26 Å². The summed E-state index contributed by atoms with van der Waals surface area (Å²) in [6.07, 6.45) is 0. The number of ether oxygens (including phenoxy) is 1. The fourth-order valence-corrected chi connectivity index (χ4v) is 4.12. The standard InChI is InChI=1S/C22H21ClN4O3S/c1-12(2)20-25-19(30-26-20)11-31-22-24-16-10-14(23)6-7-15(16)21(28)27(22)17-9-13(3)5-8-18(17)29-4/h5-10,12H,11H2,1-4H3. The molecule has 0 N–H and O–H groups in total. The maximum absolute atomic E-state index is 13.5. The molecule has 31 heavy (non-hydrogen) atoms. The molecule has 0 fully saturated rings. The number of aryl methyl sites for hydroxylation is 1. The molecule has 0 unspecified atom stereocenters. The Bertz CT molecular complexity index is 1320. The van der Waals surface area contributed by atoms with Crippen molar-refractivity contribution >= 4 is 34.3 Å². The number of halogens is 1. The topological polar surface area (TPSA) is 83.0 Å². The zero-order valence-corrected chi connectivity index (χ0v) is 19.1. The van der Waals surface area contributed by atoms with Gasteiger partial charge in [-0.15, -0.1) is 0 Å². The van der Waals surface area contributed by atoms with Crippen molar-refractivity contribution in [2.75, 3.05) is 7.11 Å². The smallest absolute Gasteiger partial charge is 0.266 e. The fourth-order valence-electron chi connectivity index (χ4n) is 3.11. The quantitative estimate of drug-likeness (QED) is 0.293. The minimum Gasteiger partial charge on any atom is -0.495 e. The van der Waals surface area contributed by atoms with Gasteiger partial charge in [0.1, 0.15) is 5.75 Å². The van der Waals surface area contributed by atoms with Crippen LogP contribution in [0.4, 0.5) is 0 Å². The zero-order chi connectivity index (χ0) is 22.1. The largest absolute Gasteiger partial charge is 0.495 e. The number of rotatable bonds is 6. The zero-order valence-electron chi connectivity index (χ0n) is 17.5. The predicted molar refractivity (Wildman–Crippen MR) is 122 cm³/mol. The number of hydrogen-bond donors (Lipinski definition) is 0. The normalized spacial score (nSPS) is 11.4. The maximum Gasteiger partial charge on any atom is 0.266 e.